The molecule has 42 heavy (non-hydrogen) atoms. The number of ketones is 1. The zero-order valence-electron chi connectivity index (χ0n) is 24.9. The number of benzene rings is 1. The zero-order valence-corrected chi connectivity index (χ0v) is 24.9. The van der Waals surface area contributed by atoms with Crippen molar-refractivity contribution in [2.24, 2.45) is 17.8 Å². The Morgan fingerprint density at radius 1 is 0.976 bits per heavy atom. The molecule has 11 nitrogen and oxygen atoms in total. The van der Waals surface area contributed by atoms with Gasteiger partial charge in [0.2, 0.25) is 17.7 Å². The van der Waals surface area contributed by atoms with E-state index in [1.165, 1.54) is 6.42 Å². The molecule has 1 aromatic rings. The van der Waals surface area contributed by atoms with Gasteiger partial charge in [0.1, 0.15) is 23.4 Å². The van der Waals surface area contributed by atoms with Crippen LogP contribution in [0.5, 0.6) is 5.75 Å². The number of nitrogens with zero attached hydrogens (tertiary/aromatic N) is 1. The molecule has 5 rings (SSSR count). The van der Waals surface area contributed by atoms with E-state index in [4.69, 9.17) is 14.2 Å². The monoisotopic (exact) mass is 584 g/mol. The highest BCUT2D eigenvalue weighted by Gasteiger charge is 2.52. The van der Waals surface area contributed by atoms with E-state index in [0.717, 1.165) is 30.2 Å². The summed E-state index contributed by atoms with van der Waals surface area (Å²) in [6.45, 7) is 6.33. The van der Waals surface area contributed by atoms with E-state index >= 15 is 0 Å². The van der Waals surface area contributed by atoms with Crippen LogP contribution in [-0.2, 0) is 35.1 Å². The van der Waals surface area contributed by atoms with Crippen LogP contribution in [0.4, 0.5) is 0 Å². The number of ether oxygens (including phenoxy) is 3. The Balaban J connectivity index is 1.25. The first-order valence-electron chi connectivity index (χ1n) is 15.1. The number of morpholine rings is 1. The van der Waals surface area contributed by atoms with Crippen LogP contribution in [0.15, 0.2) is 24.3 Å². The van der Waals surface area contributed by atoms with Gasteiger partial charge < -0.3 is 30.2 Å². The molecule has 0 spiro atoms. The van der Waals surface area contributed by atoms with Crippen molar-refractivity contribution in [2.45, 2.75) is 69.7 Å². The van der Waals surface area contributed by atoms with Gasteiger partial charge in [0.05, 0.1) is 39.5 Å². The van der Waals surface area contributed by atoms with E-state index < -0.39 is 35.5 Å². The summed E-state index contributed by atoms with van der Waals surface area (Å²) in [4.78, 5) is 55.0. The second-order valence-electron chi connectivity index (χ2n) is 12.6. The highest BCUT2D eigenvalue weighted by molar-refractivity contribution is 5.98. The minimum absolute atomic E-state index is 0.116. The number of carbonyl (C=O) groups excluding carboxylic acids is 4. The molecule has 2 saturated carbocycles. The van der Waals surface area contributed by atoms with Crippen molar-refractivity contribution in [1.29, 1.82) is 0 Å². The number of hydrogen-bond donors (Lipinski definition) is 3. The van der Waals surface area contributed by atoms with E-state index in [1.807, 2.05) is 17.0 Å². The summed E-state index contributed by atoms with van der Waals surface area (Å²) in [5.41, 5.74) is -0.0514. The maximum atomic E-state index is 13.8. The highest BCUT2D eigenvalue weighted by atomic mass is 16.6. The molecule has 3 amide bonds. The van der Waals surface area contributed by atoms with E-state index in [-0.39, 0.29) is 24.7 Å². The quantitative estimate of drug-likeness (QED) is 0.274. The van der Waals surface area contributed by atoms with Crippen molar-refractivity contribution in [3.05, 3.63) is 29.8 Å². The van der Waals surface area contributed by atoms with Crippen molar-refractivity contribution in [1.82, 2.24) is 20.9 Å². The van der Waals surface area contributed by atoms with Crippen LogP contribution in [0.25, 0.3) is 0 Å². The number of nitrogens with one attached hydrogen (secondary N) is 3. The number of epoxide rings is 1. The first-order valence-corrected chi connectivity index (χ1v) is 15.1. The first kappa shape index (κ1) is 30.4. The zero-order chi connectivity index (χ0) is 29.9. The van der Waals surface area contributed by atoms with E-state index in [0.29, 0.717) is 51.0 Å². The summed E-state index contributed by atoms with van der Waals surface area (Å²) < 4.78 is 16.0. The number of fused-ring (bicyclic) bond motifs is 1. The number of Topliss-reactive ketones (excluding diaryl/α,β-unsaturated/α-hetero) is 1. The minimum atomic E-state index is -0.954. The Bertz CT molecular complexity index is 1140. The topological polar surface area (TPSA) is 139 Å². The largest absolute Gasteiger partial charge is 0.497 e. The van der Waals surface area contributed by atoms with E-state index in [9.17, 15) is 19.2 Å². The molecule has 0 radical (unpaired) electrons. The van der Waals surface area contributed by atoms with E-state index in [1.54, 1.807) is 33.1 Å². The van der Waals surface area contributed by atoms with Crippen molar-refractivity contribution in [2.75, 3.05) is 46.6 Å². The molecule has 2 saturated heterocycles. The molecule has 1 aromatic carbocycles. The number of amides is 3. The molecule has 230 valence electrons. The molecule has 11 heteroatoms. The molecular weight excluding hydrogens is 540 g/mol. The predicted molar refractivity (Wildman–Crippen MR) is 154 cm³/mol. The second-order valence-corrected chi connectivity index (χ2v) is 12.6. The molecule has 4 aliphatic rings. The van der Waals surface area contributed by atoms with Gasteiger partial charge >= 0.3 is 0 Å². The standard InChI is InChI=1S/C31H44N4O7/c1-19(32-27(36)17-35-8-10-41-11-9-35)29(38)34-26(14-20-4-6-24(40-3)7-5-20)30(39)33-25(28(37)31(2)18-42-31)15-21-12-22-16-23(22)13-21/h4-7,19,21-23,25-26H,8-18H2,1-3H3,(H,32,36)(H,33,39)(H,34,38)/t19-,21-,22+,23-,25-,26-,31+/m0/s1. The van der Waals surface area contributed by atoms with Crippen molar-refractivity contribution in [3.8, 4) is 5.75 Å². The van der Waals surface area contributed by atoms with Gasteiger partial charge in [-0.25, -0.2) is 0 Å². The molecular formula is C31H44N4O7. The summed E-state index contributed by atoms with van der Waals surface area (Å²) in [5, 5.41) is 8.57. The Kier molecular flexibility index (Phi) is 9.49. The van der Waals surface area contributed by atoms with Gasteiger partial charge in [-0.15, -0.1) is 0 Å². The Labute approximate surface area is 247 Å². The number of rotatable bonds is 14. The fourth-order valence-electron chi connectivity index (χ4n) is 6.31. The molecule has 2 heterocycles. The number of methoxy groups -OCH3 is 1. The average molecular weight is 585 g/mol. The smallest absolute Gasteiger partial charge is 0.243 e. The SMILES string of the molecule is COc1ccc(C[C@H](NC(=O)[C@H](C)NC(=O)CN2CCOCC2)C(=O)N[C@@H](C[C@H]2C[C@@H]3C[C@@H]3C2)C(=O)[C@@]2(C)CO2)cc1. The lowest BCUT2D eigenvalue weighted by Crippen LogP contribution is -2.57. The molecule has 0 aromatic heterocycles. The predicted octanol–water partition coefficient (Wildman–Crippen LogP) is 0.838. The van der Waals surface area contributed by atoms with Gasteiger partial charge in [0.15, 0.2) is 5.78 Å². The lowest BCUT2D eigenvalue weighted by atomic mass is 9.89. The summed E-state index contributed by atoms with van der Waals surface area (Å²) in [5.74, 6) is 1.29. The van der Waals surface area contributed by atoms with Gasteiger partial charge in [0, 0.05) is 19.5 Å². The van der Waals surface area contributed by atoms with Gasteiger partial charge in [0.25, 0.3) is 0 Å². The van der Waals surface area contributed by atoms with Crippen LogP contribution in [0.2, 0.25) is 0 Å². The van der Waals surface area contributed by atoms with Gasteiger partial charge in [-0.05, 0) is 75.0 Å². The van der Waals surface area contributed by atoms with Crippen LogP contribution in [-0.4, -0.2) is 98.7 Å². The van der Waals surface area contributed by atoms with Crippen molar-refractivity contribution in [3.63, 3.8) is 0 Å². The van der Waals surface area contributed by atoms with Crippen LogP contribution >= 0.6 is 0 Å². The fraction of sp³-hybridized carbons (Fsp3) is 0.677. The summed E-state index contributed by atoms with van der Waals surface area (Å²) in [6.07, 6.45) is 4.25. The normalized spacial score (nSPS) is 28.5. The Morgan fingerprint density at radius 2 is 1.62 bits per heavy atom. The molecule has 0 bridgehead atoms. The maximum absolute atomic E-state index is 13.8. The lowest BCUT2D eigenvalue weighted by Gasteiger charge is -2.28. The second kappa shape index (κ2) is 13.1. The Morgan fingerprint density at radius 3 is 2.24 bits per heavy atom. The van der Waals surface area contributed by atoms with Crippen LogP contribution < -0.4 is 20.7 Å². The lowest BCUT2D eigenvalue weighted by molar-refractivity contribution is -0.134. The number of hydrogen-bond acceptors (Lipinski definition) is 8. The highest BCUT2D eigenvalue weighted by Crippen LogP contribution is 2.55. The average Bonchev–Trinajstić information content (AvgIpc) is 3.88. The fourth-order valence-corrected chi connectivity index (χ4v) is 6.31. The van der Waals surface area contributed by atoms with Crippen molar-refractivity contribution >= 4 is 23.5 Å². The third kappa shape index (κ3) is 7.87. The summed E-state index contributed by atoms with van der Waals surface area (Å²) in [7, 11) is 1.58. The van der Waals surface area contributed by atoms with Crippen molar-refractivity contribution < 1.29 is 33.4 Å². The van der Waals surface area contributed by atoms with Crippen LogP contribution in [0.3, 0.4) is 0 Å². The molecule has 3 N–H and O–H groups in total. The molecule has 7 atom stereocenters. The van der Waals surface area contributed by atoms with Gasteiger partial charge in [-0.1, -0.05) is 12.1 Å². The third-order valence-corrected chi connectivity index (χ3v) is 9.12. The molecule has 4 fully saturated rings. The first-order chi connectivity index (χ1) is 20.1. The summed E-state index contributed by atoms with van der Waals surface area (Å²) in [6, 6.07) is 4.77. The third-order valence-electron chi connectivity index (χ3n) is 9.12. The number of carbonyl (C=O) groups is 4. The molecule has 0 unspecified atom stereocenters. The minimum Gasteiger partial charge on any atom is -0.497 e. The Hall–Kier alpha value is -3.02. The van der Waals surface area contributed by atoms with E-state index in [2.05, 4.69) is 16.0 Å². The van der Waals surface area contributed by atoms with Gasteiger partial charge in [-0.3, -0.25) is 24.1 Å². The summed E-state index contributed by atoms with van der Waals surface area (Å²) >= 11 is 0. The molecule has 2 aliphatic heterocycles. The molecule has 2 aliphatic carbocycles. The van der Waals surface area contributed by atoms with Gasteiger partial charge in [-0.2, -0.15) is 0 Å². The van der Waals surface area contributed by atoms with Crippen LogP contribution in [0, 0.1) is 17.8 Å². The van der Waals surface area contributed by atoms with Crippen LogP contribution in [0.1, 0.15) is 45.1 Å². The maximum Gasteiger partial charge on any atom is 0.243 e.